The molecule has 0 amide bonds. The van der Waals surface area contributed by atoms with E-state index in [4.69, 9.17) is 16.3 Å². The summed E-state index contributed by atoms with van der Waals surface area (Å²) in [5, 5.41) is 10.3. The van der Waals surface area contributed by atoms with Crippen LogP contribution < -0.4 is 4.74 Å². The highest BCUT2D eigenvalue weighted by molar-refractivity contribution is 6.30. The fourth-order valence-electron chi connectivity index (χ4n) is 1.89. The van der Waals surface area contributed by atoms with Gasteiger partial charge in [-0.3, -0.25) is 0 Å². The standard InChI is InChI=1S/C16H18ClNO2/c1-10(2)20-16-8-7-12(17)9-13(16)15-6-4-5-14(18-15)11(3)19/h4-11,19H,1-3H3. The first-order valence-corrected chi connectivity index (χ1v) is 6.96. The van der Waals surface area contributed by atoms with Crippen molar-refractivity contribution in [1.29, 1.82) is 0 Å². The summed E-state index contributed by atoms with van der Waals surface area (Å²) in [6.45, 7) is 5.63. The lowest BCUT2D eigenvalue weighted by molar-refractivity contribution is 0.194. The summed E-state index contributed by atoms with van der Waals surface area (Å²) >= 11 is 6.07. The molecule has 0 aliphatic carbocycles. The molecule has 2 rings (SSSR count). The van der Waals surface area contributed by atoms with Crippen molar-refractivity contribution in [1.82, 2.24) is 4.98 Å². The molecule has 1 heterocycles. The van der Waals surface area contributed by atoms with Gasteiger partial charge in [0.15, 0.2) is 0 Å². The number of rotatable bonds is 4. The fourth-order valence-corrected chi connectivity index (χ4v) is 2.07. The normalized spacial score (nSPS) is 12.5. The molecule has 0 aliphatic rings. The molecule has 0 aliphatic heterocycles. The van der Waals surface area contributed by atoms with E-state index in [-0.39, 0.29) is 6.10 Å². The Hall–Kier alpha value is -1.58. The van der Waals surface area contributed by atoms with Crippen LogP contribution in [0.25, 0.3) is 11.3 Å². The van der Waals surface area contributed by atoms with Gasteiger partial charge in [-0.05, 0) is 51.1 Å². The van der Waals surface area contributed by atoms with E-state index >= 15 is 0 Å². The number of halogens is 1. The van der Waals surface area contributed by atoms with Crippen LogP contribution in [0.3, 0.4) is 0 Å². The summed E-state index contributed by atoms with van der Waals surface area (Å²) in [6.07, 6.45) is -0.543. The van der Waals surface area contributed by atoms with Gasteiger partial charge in [0.05, 0.1) is 23.6 Å². The molecule has 0 fully saturated rings. The molecule has 1 atom stereocenters. The Morgan fingerprint density at radius 1 is 1.15 bits per heavy atom. The van der Waals surface area contributed by atoms with Gasteiger partial charge in [0, 0.05) is 10.6 Å². The van der Waals surface area contributed by atoms with E-state index in [1.54, 1.807) is 19.1 Å². The maximum absolute atomic E-state index is 9.64. The van der Waals surface area contributed by atoms with Gasteiger partial charge >= 0.3 is 0 Å². The first kappa shape index (κ1) is 14.8. The van der Waals surface area contributed by atoms with Crippen molar-refractivity contribution >= 4 is 11.6 Å². The molecule has 2 aromatic rings. The highest BCUT2D eigenvalue weighted by Gasteiger charge is 2.12. The summed E-state index contributed by atoms with van der Waals surface area (Å²) < 4.78 is 5.79. The Labute approximate surface area is 124 Å². The van der Waals surface area contributed by atoms with Gasteiger partial charge in [0.2, 0.25) is 0 Å². The largest absolute Gasteiger partial charge is 0.490 e. The van der Waals surface area contributed by atoms with Crippen molar-refractivity contribution in [2.75, 3.05) is 0 Å². The maximum Gasteiger partial charge on any atom is 0.129 e. The summed E-state index contributed by atoms with van der Waals surface area (Å²) in [6, 6.07) is 11.0. The van der Waals surface area contributed by atoms with Crippen molar-refractivity contribution in [3.8, 4) is 17.0 Å². The van der Waals surface area contributed by atoms with Crippen molar-refractivity contribution < 1.29 is 9.84 Å². The second-order valence-corrected chi connectivity index (χ2v) is 5.37. The highest BCUT2D eigenvalue weighted by atomic mass is 35.5. The van der Waals surface area contributed by atoms with Crippen LogP contribution in [0, 0.1) is 0 Å². The minimum absolute atomic E-state index is 0.0647. The van der Waals surface area contributed by atoms with Gasteiger partial charge < -0.3 is 9.84 Å². The number of hydrogen-bond donors (Lipinski definition) is 1. The molecule has 106 valence electrons. The zero-order valence-electron chi connectivity index (χ0n) is 11.8. The highest BCUT2D eigenvalue weighted by Crippen LogP contribution is 2.32. The Morgan fingerprint density at radius 3 is 2.55 bits per heavy atom. The smallest absolute Gasteiger partial charge is 0.129 e. The molecule has 0 bridgehead atoms. The first-order chi connectivity index (χ1) is 9.47. The van der Waals surface area contributed by atoms with Gasteiger partial charge in [-0.1, -0.05) is 17.7 Å². The van der Waals surface area contributed by atoms with Crippen molar-refractivity contribution in [2.24, 2.45) is 0 Å². The third-order valence-corrected chi connectivity index (χ3v) is 3.01. The molecule has 20 heavy (non-hydrogen) atoms. The van der Waals surface area contributed by atoms with Crippen LogP contribution in [-0.2, 0) is 0 Å². The number of hydrogen-bond acceptors (Lipinski definition) is 3. The predicted octanol–water partition coefficient (Wildman–Crippen LogP) is 4.24. The SMILES string of the molecule is CC(C)Oc1ccc(Cl)cc1-c1cccc(C(C)O)n1. The summed E-state index contributed by atoms with van der Waals surface area (Å²) in [5.41, 5.74) is 2.19. The Bertz CT molecular complexity index is 597. The zero-order chi connectivity index (χ0) is 14.7. The van der Waals surface area contributed by atoms with Gasteiger partial charge in [-0.2, -0.15) is 0 Å². The van der Waals surface area contributed by atoms with E-state index in [1.807, 2.05) is 38.1 Å². The average Bonchev–Trinajstić information content (AvgIpc) is 2.40. The zero-order valence-corrected chi connectivity index (χ0v) is 12.6. The monoisotopic (exact) mass is 291 g/mol. The molecule has 1 aromatic heterocycles. The van der Waals surface area contributed by atoms with Crippen molar-refractivity contribution in [3.63, 3.8) is 0 Å². The lowest BCUT2D eigenvalue weighted by Crippen LogP contribution is -2.07. The molecule has 0 saturated heterocycles. The van der Waals surface area contributed by atoms with E-state index in [9.17, 15) is 5.11 Å². The van der Waals surface area contributed by atoms with E-state index in [1.165, 1.54) is 0 Å². The molecule has 0 saturated carbocycles. The van der Waals surface area contributed by atoms with Crippen LogP contribution >= 0.6 is 11.6 Å². The first-order valence-electron chi connectivity index (χ1n) is 6.59. The number of aliphatic hydroxyl groups is 1. The molecule has 1 unspecified atom stereocenters. The number of pyridine rings is 1. The average molecular weight is 292 g/mol. The topological polar surface area (TPSA) is 42.4 Å². The second-order valence-electron chi connectivity index (χ2n) is 4.93. The lowest BCUT2D eigenvalue weighted by atomic mass is 10.1. The van der Waals surface area contributed by atoms with Gasteiger partial charge in [-0.25, -0.2) is 4.98 Å². The fraction of sp³-hybridized carbons (Fsp3) is 0.312. The Kier molecular flexibility index (Phi) is 4.63. The summed E-state index contributed by atoms with van der Waals surface area (Å²) in [7, 11) is 0. The molecular formula is C16H18ClNO2. The minimum atomic E-state index is -0.608. The second kappa shape index (κ2) is 6.25. The lowest BCUT2D eigenvalue weighted by Gasteiger charge is -2.15. The summed E-state index contributed by atoms with van der Waals surface area (Å²) in [5.74, 6) is 0.736. The van der Waals surface area contributed by atoms with Gasteiger partial charge in [0.25, 0.3) is 0 Å². The van der Waals surface area contributed by atoms with E-state index < -0.39 is 6.10 Å². The van der Waals surface area contributed by atoms with Crippen LogP contribution in [-0.4, -0.2) is 16.2 Å². The summed E-state index contributed by atoms with van der Waals surface area (Å²) in [4.78, 5) is 4.46. The van der Waals surface area contributed by atoms with E-state index in [0.29, 0.717) is 10.7 Å². The van der Waals surface area contributed by atoms with Crippen LogP contribution in [0.1, 0.15) is 32.6 Å². The van der Waals surface area contributed by atoms with Crippen LogP contribution in [0.15, 0.2) is 36.4 Å². The quantitative estimate of drug-likeness (QED) is 0.916. The number of ether oxygens (including phenoxy) is 1. The van der Waals surface area contributed by atoms with Crippen LogP contribution in [0.2, 0.25) is 5.02 Å². The number of benzene rings is 1. The number of aromatic nitrogens is 1. The van der Waals surface area contributed by atoms with Crippen LogP contribution in [0.4, 0.5) is 0 Å². The van der Waals surface area contributed by atoms with Crippen LogP contribution in [0.5, 0.6) is 5.75 Å². The third kappa shape index (κ3) is 3.50. The molecule has 1 N–H and O–H groups in total. The number of aliphatic hydroxyl groups excluding tert-OH is 1. The third-order valence-electron chi connectivity index (χ3n) is 2.78. The molecule has 4 heteroatoms. The number of nitrogens with zero attached hydrogens (tertiary/aromatic N) is 1. The van der Waals surface area contributed by atoms with Gasteiger partial charge in [0.1, 0.15) is 5.75 Å². The van der Waals surface area contributed by atoms with Crippen molar-refractivity contribution in [2.45, 2.75) is 33.0 Å². The minimum Gasteiger partial charge on any atom is -0.490 e. The molecule has 3 nitrogen and oxygen atoms in total. The molecule has 0 radical (unpaired) electrons. The molecular weight excluding hydrogens is 274 g/mol. The predicted molar refractivity (Wildman–Crippen MR) is 81.1 cm³/mol. The Balaban J connectivity index is 2.50. The molecule has 1 aromatic carbocycles. The maximum atomic E-state index is 9.64. The van der Waals surface area contributed by atoms with Gasteiger partial charge in [-0.15, -0.1) is 0 Å². The molecule has 0 spiro atoms. The van der Waals surface area contributed by atoms with Crippen molar-refractivity contribution in [3.05, 3.63) is 47.1 Å². The Morgan fingerprint density at radius 2 is 1.90 bits per heavy atom. The van der Waals surface area contributed by atoms with E-state index in [2.05, 4.69) is 4.98 Å². The van der Waals surface area contributed by atoms with E-state index in [0.717, 1.165) is 17.0 Å².